The van der Waals surface area contributed by atoms with Gasteiger partial charge in [-0.05, 0) is 28.8 Å². The van der Waals surface area contributed by atoms with Crippen LogP contribution in [0.1, 0.15) is 12.8 Å². The van der Waals surface area contributed by atoms with Gasteiger partial charge < -0.3 is 5.73 Å². The number of halogens is 1. The first kappa shape index (κ1) is 7.31. The molecule has 0 amide bonds. The summed E-state index contributed by atoms with van der Waals surface area (Å²) < 4.78 is 2.90. The second-order valence-corrected chi connectivity index (χ2v) is 4.13. The van der Waals surface area contributed by atoms with Crippen LogP contribution >= 0.6 is 15.9 Å². The predicted octanol–water partition coefficient (Wildman–Crippen LogP) is 1.14. The van der Waals surface area contributed by atoms with Gasteiger partial charge in [0.15, 0.2) is 0 Å². The molecule has 60 valence electrons. The van der Waals surface area contributed by atoms with Gasteiger partial charge in [-0.3, -0.25) is 4.68 Å². The standard InChI is InChI=1S/C7H10BrN3/c8-6-3-10-11(4-6)5-7(9)1-2-7/h3-4H,1-2,5,9H2. The highest BCUT2D eigenvalue weighted by Crippen LogP contribution is 2.33. The molecule has 1 saturated carbocycles. The monoisotopic (exact) mass is 215 g/mol. The number of hydrogen-bond acceptors (Lipinski definition) is 2. The van der Waals surface area contributed by atoms with Crippen molar-refractivity contribution in [2.75, 3.05) is 0 Å². The lowest BCUT2D eigenvalue weighted by atomic mass is 10.3. The van der Waals surface area contributed by atoms with Crippen LogP contribution in [0, 0.1) is 0 Å². The number of aromatic nitrogens is 2. The minimum Gasteiger partial charge on any atom is -0.324 e. The van der Waals surface area contributed by atoms with Crippen LogP contribution in [0.3, 0.4) is 0 Å². The van der Waals surface area contributed by atoms with Gasteiger partial charge >= 0.3 is 0 Å². The fourth-order valence-electron chi connectivity index (χ4n) is 1.07. The van der Waals surface area contributed by atoms with E-state index < -0.39 is 0 Å². The molecule has 4 heteroatoms. The van der Waals surface area contributed by atoms with Gasteiger partial charge in [-0.1, -0.05) is 0 Å². The Morgan fingerprint density at radius 3 is 2.91 bits per heavy atom. The van der Waals surface area contributed by atoms with Gasteiger partial charge in [-0.25, -0.2) is 0 Å². The zero-order valence-corrected chi connectivity index (χ0v) is 7.71. The summed E-state index contributed by atoms with van der Waals surface area (Å²) in [5.74, 6) is 0. The smallest absolute Gasteiger partial charge is 0.0632 e. The molecule has 1 aromatic heterocycles. The molecule has 0 spiro atoms. The zero-order chi connectivity index (χ0) is 7.90. The molecule has 0 unspecified atom stereocenters. The Hall–Kier alpha value is -0.350. The van der Waals surface area contributed by atoms with Gasteiger partial charge in [0, 0.05) is 11.7 Å². The highest BCUT2D eigenvalue weighted by atomic mass is 79.9. The van der Waals surface area contributed by atoms with Crippen LogP contribution in [0.2, 0.25) is 0 Å². The zero-order valence-electron chi connectivity index (χ0n) is 6.13. The Labute approximate surface area is 73.7 Å². The molecule has 0 aromatic carbocycles. The third-order valence-corrected chi connectivity index (χ3v) is 2.38. The fourth-order valence-corrected chi connectivity index (χ4v) is 1.39. The molecule has 1 aliphatic rings. The van der Waals surface area contributed by atoms with E-state index in [1.807, 2.05) is 10.9 Å². The van der Waals surface area contributed by atoms with Crippen molar-refractivity contribution in [3.63, 3.8) is 0 Å². The number of nitrogens with zero attached hydrogens (tertiary/aromatic N) is 2. The molecule has 1 heterocycles. The van der Waals surface area contributed by atoms with E-state index in [0.717, 1.165) is 23.9 Å². The molecular formula is C7H10BrN3. The maximum absolute atomic E-state index is 5.91. The molecule has 3 nitrogen and oxygen atoms in total. The molecule has 2 N–H and O–H groups in total. The van der Waals surface area contributed by atoms with Crippen molar-refractivity contribution in [1.29, 1.82) is 0 Å². The first-order valence-corrected chi connectivity index (χ1v) is 4.44. The third-order valence-electron chi connectivity index (χ3n) is 1.97. The van der Waals surface area contributed by atoms with Crippen LogP contribution in [0.5, 0.6) is 0 Å². The Kier molecular flexibility index (Phi) is 1.54. The Balaban J connectivity index is 2.06. The van der Waals surface area contributed by atoms with Crippen molar-refractivity contribution in [2.45, 2.75) is 24.9 Å². The summed E-state index contributed by atoms with van der Waals surface area (Å²) in [7, 11) is 0. The number of rotatable bonds is 2. The topological polar surface area (TPSA) is 43.8 Å². The molecule has 0 saturated heterocycles. The number of hydrogen-bond donors (Lipinski definition) is 1. The van der Waals surface area contributed by atoms with Crippen LogP contribution in [-0.4, -0.2) is 15.3 Å². The summed E-state index contributed by atoms with van der Waals surface area (Å²) in [6, 6.07) is 0. The van der Waals surface area contributed by atoms with E-state index in [2.05, 4.69) is 21.0 Å². The van der Waals surface area contributed by atoms with E-state index in [1.165, 1.54) is 0 Å². The third kappa shape index (κ3) is 1.62. The quantitative estimate of drug-likeness (QED) is 0.805. The van der Waals surface area contributed by atoms with Gasteiger partial charge in [0.05, 0.1) is 17.2 Å². The van der Waals surface area contributed by atoms with Crippen molar-refractivity contribution in [3.8, 4) is 0 Å². The minimum absolute atomic E-state index is 0.0471. The lowest BCUT2D eigenvalue weighted by Crippen LogP contribution is -2.28. The van der Waals surface area contributed by atoms with Gasteiger partial charge in [-0.2, -0.15) is 5.10 Å². The van der Waals surface area contributed by atoms with E-state index in [9.17, 15) is 0 Å². The molecule has 11 heavy (non-hydrogen) atoms. The van der Waals surface area contributed by atoms with Gasteiger partial charge in [0.2, 0.25) is 0 Å². The summed E-state index contributed by atoms with van der Waals surface area (Å²) in [6.07, 6.45) is 5.99. The summed E-state index contributed by atoms with van der Waals surface area (Å²) in [5.41, 5.74) is 5.96. The fraction of sp³-hybridized carbons (Fsp3) is 0.571. The molecule has 2 rings (SSSR count). The predicted molar refractivity (Wildman–Crippen MR) is 46.1 cm³/mol. The van der Waals surface area contributed by atoms with Crippen molar-refractivity contribution < 1.29 is 0 Å². The minimum atomic E-state index is 0.0471. The number of nitrogens with two attached hydrogens (primary N) is 1. The summed E-state index contributed by atoms with van der Waals surface area (Å²) in [4.78, 5) is 0. The van der Waals surface area contributed by atoms with Crippen molar-refractivity contribution in [3.05, 3.63) is 16.9 Å². The molecule has 0 radical (unpaired) electrons. The van der Waals surface area contributed by atoms with E-state index in [1.54, 1.807) is 6.20 Å². The largest absolute Gasteiger partial charge is 0.324 e. The summed E-state index contributed by atoms with van der Waals surface area (Å²) in [5, 5.41) is 4.13. The average Bonchev–Trinajstić information content (AvgIpc) is 2.49. The van der Waals surface area contributed by atoms with Crippen molar-refractivity contribution in [1.82, 2.24) is 9.78 Å². The van der Waals surface area contributed by atoms with E-state index in [-0.39, 0.29) is 5.54 Å². The van der Waals surface area contributed by atoms with Gasteiger partial charge in [0.1, 0.15) is 0 Å². The highest BCUT2D eigenvalue weighted by molar-refractivity contribution is 9.10. The molecule has 0 bridgehead atoms. The maximum Gasteiger partial charge on any atom is 0.0632 e. The van der Waals surface area contributed by atoms with Crippen LogP contribution < -0.4 is 5.73 Å². The van der Waals surface area contributed by atoms with Crippen LogP contribution in [-0.2, 0) is 6.54 Å². The van der Waals surface area contributed by atoms with E-state index >= 15 is 0 Å². The average molecular weight is 216 g/mol. The second kappa shape index (κ2) is 2.32. The van der Waals surface area contributed by atoms with Crippen LogP contribution in [0.4, 0.5) is 0 Å². The normalized spacial score (nSPS) is 20.2. The lowest BCUT2D eigenvalue weighted by molar-refractivity contribution is 0.500. The summed E-state index contributed by atoms with van der Waals surface area (Å²) >= 11 is 3.34. The SMILES string of the molecule is NC1(Cn2cc(Br)cn2)CC1. The Morgan fingerprint density at radius 1 is 1.73 bits per heavy atom. The molecule has 1 aliphatic carbocycles. The first-order valence-electron chi connectivity index (χ1n) is 3.65. The molecule has 1 aromatic rings. The Morgan fingerprint density at radius 2 is 2.45 bits per heavy atom. The van der Waals surface area contributed by atoms with Crippen molar-refractivity contribution in [2.24, 2.45) is 5.73 Å². The molecular weight excluding hydrogens is 206 g/mol. The molecule has 1 fully saturated rings. The maximum atomic E-state index is 5.91. The van der Waals surface area contributed by atoms with Crippen molar-refractivity contribution >= 4 is 15.9 Å². The lowest BCUT2D eigenvalue weighted by Gasteiger charge is -2.06. The van der Waals surface area contributed by atoms with Gasteiger partial charge in [0.25, 0.3) is 0 Å². The first-order chi connectivity index (χ1) is 5.18. The van der Waals surface area contributed by atoms with Gasteiger partial charge in [-0.15, -0.1) is 0 Å². The summed E-state index contributed by atoms with van der Waals surface area (Å²) in [6.45, 7) is 0.846. The Bertz CT molecular complexity index is 264. The van der Waals surface area contributed by atoms with E-state index in [0.29, 0.717) is 0 Å². The second-order valence-electron chi connectivity index (χ2n) is 3.22. The molecule has 0 aliphatic heterocycles. The van der Waals surface area contributed by atoms with E-state index in [4.69, 9.17) is 5.73 Å². The van der Waals surface area contributed by atoms with Crippen LogP contribution in [0.25, 0.3) is 0 Å². The molecule has 0 atom stereocenters. The highest BCUT2D eigenvalue weighted by Gasteiger charge is 2.38. The van der Waals surface area contributed by atoms with Crippen LogP contribution in [0.15, 0.2) is 16.9 Å².